The Morgan fingerprint density at radius 2 is 1.67 bits per heavy atom. The van der Waals surface area contributed by atoms with Crippen LogP contribution in [0.1, 0.15) is 94.6 Å². The second-order valence-electron chi connectivity index (χ2n) is 15.3. The molecule has 3 amide bonds. The van der Waals surface area contributed by atoms with E-state index in [0.29, 0.717) is 42.5 Å². The molecule has 278 valence electrons. The van der Waals surface area contributed by atoms with Crippen molar-refractivity contribution in [3.05, 3.63) is 69.7 Å². The standard InChI is InChI=1S/C40H53Cl2N3O6/c41-32-12-4-9-28(20-32)19-30-11-6-14-35(30)45(39(49)51-26-29-10-5-13-33(42)21-29)36(22-27-7-2-1-3-8-27)38(48)43-34(25-46)23-31-24-40(44-37(31)47)15-17-50-18-16-40/h4-5,9-10,12-13,20-21,27,30-31,34-36,46H,1-3,6-8,11,14-19,22-26H2,(H,43,48)(H,44,47)/t30?,31?,34?,35?,36-/m0/s1. The van der Waals surface area contributed by atoms with E-state index in [4.69, 9.17) is 32.7 Å². The molecule has 2 saturated carbocycles. The maximum Gasteiger partial charge on any atom is 0.411 e. The Morgan fingerprint density at radius 3 is 2.37 bits per heavy atom. The molecule has 0 bridgehead atoms. The summed E-state index contributed by atoms with van der Waals surface area (Å²) >= 11 is 12.6. The van der Waals surface area contributed by atoms with Crippen LogP contribution in [0.4, 0.5) is 4.79 Å². The van der Waals surface area contributed by atoms with E-state index < -0.39 is 18.2 Å². The molecule has 4 unspecified atom stereocenters. The number of carbonyl (C=O) groups excluding carboxylic acids is 3. The van der Waals surface area contributed by atoms with Gasteiger partial charge in [0.05, 0.1) is 12.6 Å². The van der Waals surface area contributed by atoms with Crippen LogP contribution in [0.3, 0.4) is 0 Å². The average molecular weight is 743 g/mol. The minimum Gasteiger partial charge on any atom is -0.445 e. The zero-order valence-corrected chi connectivity index (χ0v) is 31.0. The van der Waals surface area contributed by atoms with Crippen LogP contribution in [0.5, 0.6) is 0 Å². The van der Waals surface area contributed by atoms with Crippen molar-refractivity contribution in [3.8, 4) is 0 Å². The summed E-state index contributed by atoms with van der Waals surface area (Å²) in [6, 6.07) is 13.4. The summed E-state index contributed by atoms with van der Waals surface area (Å²) in [6.07, 6.45) is 11.2. The van der Waals surface area contributed by atoms with Gasteiger partial charge in [0.25, 0.3) is 0 Å². The molecule has 2 aromatic rings. The number of rotatable bonds is 13. The number of aliphatic hydroxyl groups excluding tert-OH is 1. The molecular formula is C40H53Cl2N3O6. The second kappa shape index (κ2) is 17.8. The smallest absolute Gasteiger partial charge is 0.411 e. The van der Waals surface area contributed by atoms with Crippen molar-refractivity contribution in [2.75, 3.05) is 19.8 Å². The molecule has 5 atom stereocenters. The third-order valence-corrected chi connectivity index (χ3v) is 12.2. The van der Waals surface area contributed by atoms with Gasteiger partial charge in [-0.3, -0.25) is 14.5 Å². The maximum atomic E-state index is 14.6. The summed E-state index contributed by atoms with van der Waals surface area (Å²) in [6.45, 7) is 0.946. The van der Waals surface area contributed by atoms with Gasteiger partial charge < -0.3 is 25.2 Å². The van der Waals surface area contributed by atoms with Crippen molar-refractivity contribution in [2.45, 2.75) is 120 Å². The quantitative estimate of drug-likeness (QED) is 0.199. The number of benzene rings is 2. The van der Waals surface area contributed by atoms with Crippen molar-refractivity contribution < 1.29 is 29.0 Å². The Bertz CT molecular complexity index is 1500. The second-order valence-corrected chi connectivity index (χ2v) is 16.2. The Labute approximate surface area is 312 Å². The predicted octanol–water partition coefficient (Wildman–Crippen LogP) is 7.23. The van der Waals surface area contributed by atoms with Crippen LogP contribution < -0.4 is 10.6 Å². The summed E-state index contributed by atoms with van der Waals surface area (Å²) in [5, 5.41) is 18.1. The minimum absolute atomic E-state index is 0.0299. The fourth-order valence-electron chi connectivity index (χ4n) is 9.09. The lowest BCUT2D eigenvalue weighted by molar-refractivity contribution is -0.130. The first kappa shape index (κ1) is 37.9. The Balaban J connectivity index is 1.26. The van der Waals surface area contributed by atoms with Crippen molar-refractivity contribution in [1.82, 2.24) is 15.5 Å². The number of halogens is 2. The number of carbonyl (C=O) groups is 3. The molecule has 11 heteroatoms. The van der Waals surface area contributed by atoms with E-state index in [1.165, 1.54) is 6.42 Å². The van der Waals surface area contributed by atoms with Gasteiger partial charge in [-0.1, -0.05) is 86.0 Å². The molecule has 9 nitrogen and oxygen atoms in total. The fourth-order valence-corrected chi connectivity index (χ4v) is 9.52. The van der Waals surface area contributed by atoms with Gasteiger partial charge in [0.1, 0.15) is 12.6 Å². The van der Waals surface area contributed by atoms with Crippen LogP contribution >= 0.6 is 23.2 Å². The normalized spacial score (nSPS) is 24.5. The van der Waals surface area contributed by atoms with E-state index in [1.807, 2.05) is 30.3 Å². The molecule has 6 rings (SSSR count). The number of aliphatic hydroxyl groups is 1. The van der Waals surface area contributed by atoms with E-state index in [0.717, 1.165) is 75.3 Å². The molecule has 0 radical (unpaired) electrons. The largest absolute Gasteiger partial charge is 0.445 e. The Hall–Kier alpha value is -2.85. The lowest BCUT2D eigenvalue weighted by Crippen LogP contribution is -2.57. The summed E-state index contributed by atoms with van der Waals surface area (Å²) in [5.41, 5.74) is 1.58. The molecule has 51 heavy (non-hydrogen) atoms. The van der Waals surface area contributed by atoms with E-state index in [-0.39, 0.29) is 54.4 Å². The van der Waals surface area contributed by atoms with Gasteiger partial charge in [0.15, 0.2) is 0 Å². The SMILES string of the molecule is O=C1NC2(CCOCC2)CC1CC(CO)NC(=O)[C@H](CC1CCCCC1)N(C(=O)OCc1cccc(Cl)c1)C1CCCC1Cc1cccc(Cl)c1. The van der Waals surface area contributed by atoms with E-state index >= 15 is 0 Å². The maximum absolute atomic E-state index is 14.6. The zero-order chi connectivity index (χ0) is 35.8. The average Bonchev–Trinajstić information content (AvgIpc) is 3.69. The van der Waals surface area contributed by atoms with Crippen LogP contribution in [0.25, 0.3) is 0 Å². The van der Waals surface area contributed by atoms with Crippen LogP contribution in [-0.2, 0) is 32.1 Å². The van der Waals surface area contributed by atoms with Crippen LogP contribution in [0.15, 0.2) is 48.5 Å². The number of hydrogen-bond acceptors (Lipinski definition) is 6. The summed E-state index contributed by atoms with van der Waals surface area (Å²) in [4.78, 5) is 44.0. The molecule has 0 aromatic heterocycles. The lowest BCUT2D eigenvalue weighted by atomic mass is 9.83. The molecule has 4 aliphatic rings. The molecule has 1 spiro atoms. The highest BCUT2D eigenvalue weighted by Gasteiger charge is 2.47. The van der Waals surface area contributed by atoms with Crippen molar-refractivity contribution in [1.29, 1.82) is 0 Å². The zero-order valence-electron chi connectivity index (χ0n) is 29.5. The number of hydrogen-bond donors (Lipinski definition) is 3. The highest BCUT2D eigenvalue weighted by atomic mass is 35.5. The van der Waals surface area contributed by atoms with Gasteiger partial charge in [-0.2, -0.15) is 0 Å². The third-order valence-electron chi connectivity index (χ3n) is 11.7. The van der Waals surface area contributed by atoms with Gasteiger partial charge in [-0.05, 0) is 98.6 Å². The highest BCUT2D eigenvalue weighted by molar-refractivity contribution is 6.30. The number of ether oxygens (including phenoxy) is 2. The summed E-state index contributed by atoms with van der Waals surface area (Å²) in [7, 11) is 0. The Morgan fingerprint density at radius 1 is 0.961 bits per heavy atom. The molecule has 2 aliphatic heterocycles. The van der Waals surface area contributed by atoms with E-state index in [1.54, 1.807) is 17.0 Å². The van der Waals surface area contributed by atoms with Crippen molar-refractivity contribution >= 4 is 41.1 Å². The first-order valence-electron chi connectivity index (χ1n) is 19.0. The fraction of sp³-hybridized carbons (Fsp3) is 0.625. The molecule has 2 saturated heterocycles. The number of amides is 3. The van der Waals surface area contributed by atoms with Crippen LogP contribution in [-0.4, -0.2) is 71.4 Å². The third kappa shape index (κ3) is 9.98. The Kier molecular flexibility index (Phi) is 13.2. The number of nitrogens with one attached hydrogen (secondary N) is 2. The van der Waals surface area contributed by atoms with E-state index in [9.17, 15) is 19.5 Å². The highest BCUT2D eigenvalue weighted by Crippen LogP contribution is 2.38. The van der Waals surface area contributed by atoms with Crippen LogP contribution in [0, 0.1) is 17.8 Å². The first-order valence-corrected chi connectivity index (χ1v) is 19.7. The van der Waals surface area contributed by atoms with Gasteiger partial charge in [0, 0.05) is 40.8 Å². The molecule has 2 aliphatic carbocycles. The number of nitrogens with zero attached hydrogens (tertiary/aromatic N) is 1. The summed E-state index contributed by atoms with van der Waals surface area (Å²) in [5.74, 6) is -0.272. The topological polar surface area (TPSA) is 117 Å². The lowest BCUT2D eigenvalue weighted by Gasteiger charge is -2.40. The predicted molar refractivity (Wildman–Crippen MR) is 197 cm³/mol. The van der Waals surface area contributed by atoms with Gasteiger partial charge in [-0.15, -0.1) is 0 Å². The minimum atomic E-state index is -0.793. The van der Waals surface area contributed by atoms with E-state index in [2.05, 4.69) is 16.7 Å². The molecule has 2 aromatic carbocycles. The molecule has 3 N–H and O–H groups in total. The van der Waals surface area contributed by atoms with Crippen LogP contribution in [0.2, 0.25) is 10.0 Å². The van der Waals surface area contributed by atoms with Gasteiger partial charge in [-0.25, -0.2) is 4.79 Å². The van der Waals surface area contributed by atoms with Crippen molar-refractivity contribution in [3.63, 3.8) is 0 Å². The molecular weight excluding hydrogens is 689 g/mol. The molecule has 2 heterocycles. The van der Waals surface area contributed by atoms with Gasteiger partial charge in [0.2, 0.25) is 11.8 Å². The summed E-state index contributed by atoms with van der Waals surface area (Å²) < 4.78 is 11.6. The van der Waals surface area contributed by atoms with Crippen molar-refractivity contribution in [2.24, 2.45) is 17.8 Å². The monoisotopic (exact) mass is 741 g/mol. The first-order chi connectivity index (χ1) is 24.7. The molecule has 4 fully saturated rings. The van der Waals surface area contributed by atoms with Gasteiger partial charge >= 0.3 is 6.09 Å².